The quantitative estimate of drug-likeness (QED) is 0.0638. The molecule has 0 saturated carbocycles. The third kappa shape index (κ3) is 14.0. The Kier molecular flexibility index (Phi) is 18.8. The first-order chi connectivity index (χ1) is 25.3. The van der Waals surface area contributed by atoms with Crippen LogP contribution in [0.3, 0.4) is 0 Å². The predicted molar refractivity (Wildman–Crippen MR) is 216 cm³/mol. The van der Waals surface area contributed by atoms with Gasteiger partial charge in [-0.2, -0.15) is 0 Å². The van der Waals surface area contributed by atoms with Crippen molar-refractivity contribution in [1.29, 1.82) is 0 Å². The maximum atomic E-state index is 14.1. The van der Waals surface area contributed by atoms with Gasteiger partial charge < -0.3 is 19.3 Å². The highest BCUT2D eigenvalue weighted by Crippen LogP contribution is 2.37. The topological polar surface area (TPSA) is 74.7 Å². The summed E-state index contributed by atoms with van der Waals surface area (Å²) in [5, 5.41) is 1.37. The van der Waals surface area contributed by atoms with Crippen molar-refractivity contribution in [3.63, 3.8) is 0 Å². The zero-order chi connectivity index (χ0) is 37.1. The van der Waals surface area contributed by atoms with Crippen molar-refractivity contribution in [1.82, 2.24) is 9.80 Å². The third-order valence-electron chi connectivity index (χ3n) is 10.2. The minimum Gasteiger partial charge on any atom is -0.425 e. The number of carbonyl (C=O) groups excluding carboxylic acids is 2. The maximum absolute atomic E-state index is 14.1. The average Bonchev–Trinajstić information content (AvgIpc) is 3.42. The molecule has 0 radical (unpaired) electrons. The van der Waals surface area contributed by atoms with E-state index in [-0.39, 0.29) is 5.97 Å². The minimum absolute atomic E-state index is 0.317. The number of esters is 1. The molecule has 1 aromatic heterocycles. The Bertz CT molecular complexity index is 1510. The summed E-state index contributed by atoms with van der Waals surface area (Å²) in [6.07, 6.45) is 23.5. The fraction of sp³-hybridized carbons (Fsp3) is 0.690. The van der Waals surface area contributed by atoms with Gasteiger partial charge in [0.1, 0.15) is 10.5 Å². The number of thiophene rings is 1. The largest absolute Gasteiger partial charge is 0.425 e. The number of aryl methyl sites for hydroxylation is 1. The minimum atomic E-state index is -1.04. The lowest BCUT2D eigenvalue weighted by atomic mass is 10.0. The molecule has 2 aromatic rings. The summed E-state index contributed by atoms with van der Waals surface area (Å²) >= 11 is 8.06. The highest BCUT2D eigenvalue weighted by atomic mass is 35.5. The number of hydrogen-bond donors (Lipinski definition) is 0. The van der Waals surface area contributed by atoms with Crippen LogP contribution in [0.1, 0.15) is 147 Å². The average molecular weight is 758 g/mol. The number of hydrogen-bond acceptors (Lipinski definition) is 8. The van der Waals surface area contributed by atoms with Gasteiger partial charge in [-0.15, -0.1) is 11.3 Å². The molecule has 1 amide bonds. The summed E-state index contributed by atoms with van der Waals surface area (Å²) in [6, 6.07) is 7.43. The molecule has 0 spiro atoms. The molecular weight excluding hydrogens is 692 g/mol. The van der Waals surface area contributed by atoms with E-state index >= 15 is 0 Å². The Morgan fingerprint density at radius 2 is 1.33 bits per heavy atom. The van der Waals surface area contributed by atoms with E-state index in [4.69, 9.17) is 26.1 Å². The number of amides is 1. The Hall–Kier alpha value is -2.62. The fourth-order valence-electron chi connectivity index (χ4n) is 7.18. The van der Waals surface area contributed by atoms with E-state index < -0.39 is 12.4 Å². The number of nitrogens with zero attached hydrogens (tertiary/aromatic N) is 4. The van der Waals surface area contributed by atoms with Crippen LogP contribution in [0.4, 0.5) is 16.2 Å². The van der Waals surface area contributed by atoms with Crippen molar-refractivity contribution < 1.29 is 19.1 Å². The van der Waals surface area contributed by atoms with Gasteiger partial charge in [-0.25, -0.2) is 14.7 Å². The molecular formula is C42H65ClN4O4S. The van der Waals surface area contributed by atoms with Crippen molar-refractivity contribution >= 4 is 52.2 Å². The number of unbranched alkanes of at least 4 members (excludes halogenated alkanes) is 18. The summed E-state index contributed by atoms with van der Waals surface area (Å²) in [5.41, 5.74) is 1.17. The second kappa shape index (κ2) is 23.2. The maximum Gasteiger partial charge on any atom is 0.423 e. The third-order valence-corrected chi connectivity index (χ3v) is 11.4. The standard InChI is InChI=1S/C42H65ClN4O4S/c1-5-6-7-8-9-10-11-12-13-14-15-16-17-18-19-20-21-22-23-24-39(48)50-34(3)51-42(49)47-38-32-35(43)25-26-37(38)44-40-36(31-33(2)52-40)41(47)46-29-27-45(4)28-30-46/h25-26,31-32,34H,5-24,27-30H2,1-4H3. The van der Waals surface area contributed by atoms with Crippen molar-refractivity contribution in [2.45, 2.75) is 155 Å². The summed E-state index contributed by atoms with van der Waals surface area (Å²) < 4.78 is 12.2. The first-order valence-electron chi connectivity index (χ1n) is 20.4. The molecule has 1 unspecified atom stereocenters. The lowest BCUT2D eigenvalue weighted by Gasteiger charge is -2.39. The van der Waals surface area contributed by atoms with Crippen LogP contribution in [-0.2, 0) is 14.3 Å². The van der Waals surface area contributed by atoms with E-state index in [1.54, 1.807) is 35.3 Å². The number of fused-ring (bicyclic) bond motifs is 2. The Balaban J connectivity index is 1.15. The van der Waals surface area contributed by atoms with E-state index in [1.807, 2.05) is 13.0 Å². The summed E-state index contributed by atoms with van der Waals surface area (Å²) in [6.45, 7) is 9.13. The predicted octanol–water partition coefficient (Wildman–Crippen LogP) is 10.6. The van der Waals surface area contributed by atoms with Gasteiger partial charge in [0.2, 0.25) is 6.29 Å². The van der Waals surface area contributed by atoms with Crippen LogP contribution in [0, 0.1) is 6.92 Å². The molecule has 2 aliphatic heterocycles. The molecule has 10 heteroatoms. The number of carbonyl (C=O) groups is 2. The lowest BCUT2D eigenvalue weighted by molar-refractivity contribution is -0.164. The molecule has 0 aliphatic carbocycles. The Labute approximate surface area is 322 Å². The molecule has 1 saturated heterocycles. The smallest absolute Gasteiger partial charge is 0.423 e. The molecule has 52 heavy (non-hydrogen) atoms. The fourth-order valence-corrected chi connectivity index (χ4v) is 8.24. The summed E-state index contributed by atoms with van der Waals surface area (Å²) in [4.78, 5) is 38.9. The Morgan fingerprint density at radius 3 is 1.88 bits per heavy atom. The zero-order valence-electron chi connectivity index (χ0n) is 32.6. The van der Waals surface area contributed by atoms with Gasteiger partial charge in [-0.3, -0.25) is 4.79 Å². The van der Waals surface area contributed by atoms with Crippen molar-refractivity contribution in [3.8, 4) is 0 Å². The highest BCUT2D eigenvalue weighted by Gasteiger charge is 2.33. The molecule has 8 nitrogen and oxygen atoms in total. The molecule has 4 rings (SSSR count). The summed E-state index contributed by atoms with van der Waals surface area (Å²) in [7, 11) is 2.10. The number of ether oxygens (including phenoxy) is 2. The van der Waals surface area contributed by atoms with Crippen LogP contribution < -0.4 is 14.8 Å². The number of benzene rings is 1. The first kappa shape index (κ1) is 42.1. The second-order valence-corrected chi connectivity index (χ2v) is 16.5. The second-order valence-electron chi connectivity index (χ2n) is 14.8. The lowest BCUT2D eigenvalue weighted by Crippen LogP contribution is -2.51. The molecule has 0 N–H and O–H groups in total. The molecule has 290 valence electrons. The summed E-state index contributed by atoms with van der Waals surface area (Å²) in [5.74, 6) is 0.371. The van der Waals surface area contributed by atoms with Crippen LogP contribution in [-0.4, -0.2) is 61.4 Å². The van der Waals surface area contributed by atoms with Gasteiger partial charge in [-0.1, -0.05) is 134 Å². The van der Waals surface area contributed by atoms with Crippen LogP contribution >= 0.6 is 22.9 Å². The van der Waals surface area contributed by atoms with Gasteiger partial charge in [0.05, 0.1) is 16.6 Å². The van der Waals surface area contributed by atoms with Crippen LogP contribution in [0.25, 0.3) is 5.82 Å². The molecule has 2 aliphatic rings. The van der Waals surface area contributed by atoms with Gasteiger partial charge >= 0.3 is 12.1 Å². The van der Waals surface area contributed by atoms with Gasteiger partial charge in [-0.05, 0) is 44.7 Å². The van der Waals surface area contributed by atoms with E-state index in [9.17, 15) is 9.59 Å². The van der Waals surface area contributed by atoms with Crippen molar-refractivity contribution in [2.24, 2.45) is 4.99 Å². The van der Waals surface area contributed by atoms with Crippen LogP contribution in [0.15, 0.2) is 29.3 Å². The van der Waals surface area contributed by atoms with Gasteiger partial charge in [0, 0.05) is 49.4 Å². The van der Waals surface area contributed by atoms with E-state index in [0.717, 1.165) is 66.0 Å². The SMILES string of the molecule is CCCCCCCCCCCCCCCCCCCCCC(=O)OC(C)OC(=O)N1C(N2CCN(C)CC2)=c2cc(C)sc2=Nc2ccc(Cl)cc21. The molecule has 1 aromatic carbocycles. The van der Waals surface area contributed by atoms with Gasteiger partial charge in [0.25, 0.3) is 0 Å². The highest BCUT2D eigenvalue weighted by molar-refractivity contribution is 7.09. The van der Waals surface area contributed by atoms with E-state index in [2.05, 4.69) is 29.8 Å². The first-order valence-corrected chi connectivity index (χ1v) is 21.6. The van der Waals surface area contributed by atoms with Gasteiger partial charge in [0.15, 0.2) is 0 Å². The van der Waals surface area contributed by atoms with E-state index in [0.29, 0.717) is 22.8 Å². The Morgan fingerprint density at radius 1 is 0.788 bits per heavy atom. The zero-order valence-corrected chi connectivity index (χ0v) is 34.1. The number of piperazine rings is 1. The number of anilines is 1. The number of rotatable bonds is 23. The van der Waals surface area contributed by atoms with E-state index in [1.165, 1.54) is 103 Å². The molecule has 3 heterocycles. The van der Waals surface area contributed by atoms with Crippen molar-refractivity contribution in [3.05, 3.63) is 44.1 Å². The number of likely N-dealkylation sites (N-methyl/N-ethyl adjacent to an activating group) is 1. The normalized spacial score (nSPS) is 15.1. The molecule has 1 atom stereocenters. The molecule has 1 fully saturated rings. The monoisotopic (exact) mass is 756 g/mol. The molecule has 0 bridgehead atoms. The van der Waals surface area contributed by atoms with Crippen LogP contribution in [0.5, 0.6) is 0 Å². The number of halogens is 1. The van der Waals surface area contributed by atoms with Crippen LogP contribution in [0.2, 0.25) is 5.02 Å². The van der Waals surface area contributed by atoms with Crippen molar-refractivity contribution in [2.75, 3.05) is 38.1 Å².